The maximum absolute atomic E-state index is 14.4. The molecule has 37 heavy (non-hydrogen) atoms. The highest BCUT2D eigenvalue weighted by Gasteiger charge is 2.62. The molecule has 0 atom stereocenters. The zero-order valence-electron chi connectivity index (χ0n) is 19.7. The van der Waals surface area contributed by atoms with Gasteiger partial charge in [-0.2, -0.15) is 0 Å². The number of fused-ring (bicyclic) bond motifs is 1. The van der Waals surface area contributed by atoms with Gasteiger partial charge in [0.1, 0.15) is 16.9 Å². The Morgan fingerprint density at radius 1 is 1.16 bits per heavy atom. The Morgan fingerprint density at radius 3 is 2.43 bits per heavy atom. The number of ketones is 1. The molecule has 3 amide bonds. The number of alkyl halides is 4. The molecule has 2 aromatic heterocycles. The molecule has 3 heterocycles. The minimum atomic E-state index is -3.22. The Morgan fingerprint density at radius 2 is 1.84 bits per heavy atom. The van der Waals surface area contributed by atoms with Gasteiger partial charge in [0.05, 0.1) is 11.3 Å². The van der Waals surface area contributed by atoms with Gasteiger partial charge >= 0.3 is 0 Å². The van der Waals surface area contributed by atoms with E-state index in [1.54, 1.807) is 0 Å². The van der Waals surface area contributed by atoms with E-state index in [4.69, 9.17) is 0 Å². The zero-order valence-corrected chi connectivity index (χ0v) is 19.7. The predicted molar refractivity (Wildman–Crippen MR) is 118 cm³/mol. The Bertz CT molecular complexity index is 1320. The smallest absolute Gasteiger partial charge is 0.293 e. The van der Waals surface area contributed by atoms with Gasteiger partial charge in [-0.3, -0.25) is 24.2 Å². The third-order valence-electron chi connectivity index (χ3n) is 6.56. The van der Waals surface area contributed by atoms with Crippen LogP contribution in [-0.4, -0.2) is 51.6 Å². The molecule has 4 rings (SSSR count). The van der Waals surface area contributed by atoms with E-state index in [2.05, 4.69) is 20.9 Å². The summed E-state index contributed by atoms with van der Waals surface area (Å²) in [6.07, 6.45) is -3.45. The highest BCUT2D eigenvalue weighted by atomic mass is 19.3. The molecule has 0 saturated heterocycles. The summed E-state index contributed by atoms with van der Waals surface area (Å²) >= 11 is 0. The van der Waals surface area contributed by atoms with Crippen LogP contribution in [0.1, 0.15) is 63.5 Å². The van der Waals surface area contributed by atoms with Crippen LogP contribution in [0.15, 0.2) is 12.3 Å². The summed E-state index contributed by atoms with van der Waals surface area (Å²) < 4.78 is 69.0. The number of Topliss-reactive ketones (excluding diaryl/α,β-unsaturated/α-hetero) is 1. The number of halogens is 5. The molecule has 1 saturated carbocycles. The third kappa shape index (κ3) is 4.44. The number of likely N-dealkylation sites (N-methyl/N-ethyl adjacent to an activating group) is 1. The second-order valence-electron chi connectivity index (χ2n) is 9.02. The number of nitrogens with one attached hydrogen (secondary N) is 3. The van der Waals surface area contributed by atoms with E-state index < -0.39 is 71.4 Å². The SMILES string of the molecule is CNC(=O)C1(NC(=O)C(=O)c2c(C)c(C(=O)Nc3ccnc(C(F)F)c3F)n3c2CCC3)CC(F)(F)C1. The van der Waals surface area contributed by atoms with E-state index in [0.29, 0.717) is 18.5 Å². The summed E-state index contributed by atoms with van der Waals surface area (Å²) in [6.45, 7) is 1.66. The molecule has 2 aliphatic rings. The Balaban J connectivity index is 1.63. The van der Waals surface area contributed by atoms with E-state index in [1.807, 2.05) is 0 Å². The lowest BCUT2D eigenvalue weighted by atomic mass is 9.72. The van der Waals surface area contributed by atoms with Crippen LogP contribution in [0.3, 0.4) is 0 Å². The Hall–Kier alpha value is -3.84. The van der Waals surface area contributed by atoms with E-state index >= 15 is 0 Å². The summed E-state index contributed by atoms with van der Waals surface area (Å²) in [7, 11) is 1.21. The predicted octanol–water partition coefficient (Wildman–Crippen LogP) is 2.68. The maximum atomic E-state index is 14.4. The van der Waals surface area contributed by atoms with Crippen LogP contribution in [0.25, 0.3) is 0 Å². The molecule has 2 aromatic rings. The van der Waals surface area contributed by atoms with Gasteiger partial charge in [0, 0.05) is 38.3 Å². The van der Waals surface area contributed by atoms with Crippen LogP contribution in [0.4, 0.5) is 27.6 Å². The number of carbonyl (C=O) groups is 4. The summed E-state index contributed by atoms with van der Waals surface area (Å²) in [6, 6.07) is 0.994. The molecule has 0 spiro atoms. The van der Waals surface area contributed by atoms with E-state index in [0.717, 1.165) is 12.3 Å². The van der Waals surface area contributed by atoms with Crippen LogP contribution in [0.5, 0.6) is 0 Å². The van der Waals surface area contributed by atoms with Crippen molar-refractivity contribution < 1.29 is 41.1 Å². The summed E-state index contributed by atoms with van der Waals surface area (Å²) in [5, 5.41) is 6.55. The fraction of sp³-hybridized carbons (Fsp3) is 0.435. The van der Waals surface area contributed by atoms with E-state index in [-0.39, 0.29) is 23.4 Å². The second kappa shape index (κ2) is 9.23. The van der Waals surface area contributed by atoms with Gasteiger partial charge in [0.15, 0.2) is 5.82 Å². The van der Waals surface area contributed by atoms with Crippen molar-refractivity contribution in [3.8, 4) is 0 Å². The van der Waals surface area contributed by atoms with Gasteiger partial charge < -0.3 is 20.5 Å². The van der Waals surface area contributed by atoms with Crippen molar-refractivity contribution in [3.05, 3.63) is 46.3 Å². The molecule has 0 aromatic carbocycles. The molecular weight excluding hydrogens is 505 g/mol. The first-order chi connectivity index (χ1) is 17.3. The van der Waals surface area contributed by atoms with Crippen molar-refractivity contribution in [1.82, 2.24) is 20.2 Å². The molecule has 9 nitrogen and oxygen atoms in total. The number of aromatic nitrogens is 2. The zero-order chi connectivity index (χ0) is 27.3. The van der Waals surface area contributed by atoms with Crippen LogP contribution in [0.2, 0.25) is 0 Å². The number of anilines is 1. The minimum Gasteiger partial charge on any atom is -0.357 e. The molecule has 0 radical (unpaired) electrons. The van der Waals surface area contributed by atoms with Crippen molar-refractivity contribution in [2.24, 2.45) is 0 Å². The summed E-state index contributed by atoms with van der Waals surface area (Å²) in [5.41, 5.74) is -3.48. The van der Waals surface area contributed by atoms with Crippen molar-refractivity contribution in [1.29, 1.82) is 0 Å². The second-order valence-corrected chi connectivity index (χ2v) is 9.02. The fourth-order valence-electron chi connectivity index (χ4n) is 4.97. The molecular formula is C23H22F5N5O4. The molecule has 0 bridgehead atoms. The van der Waals surface area contributed by atoms with Crippen molar-refractivity contribution in [3.63, 3.8) is 0 Å². The van der Waals surface area contributed by atoms with Crippen molar-refractivity contribution >= 4 is 29.2 Å². The summed E-state index contributed by atoms with van der Waals surface area (Å²) in [5.74, 6) is -8.81. The van der Waals surface area contributed by atoms with Gasteiger partial charge in [-0.25, -0.2) is 22.0 Å². The molecule has 1 aliphatic carbocycles. The van der Waals surface area contributed by atoms with Crippen LogP contribution in [-0.2, 0) is 22.6 Å². The molecule has 0 unspecified atom stereocenters. The number of nitrogens with zero attached hydrogens (tertiary/aromatic N) is 2. The van der Waals surface area contributed by atoms with Crippen molar-refractivity contribution in [2.75, 3.05) is 12.4 Å². The van der Waals surface area contributed by atoms with Crippen LogP contribution >= 0.6 is 0 Å². The monoisotopic (exact) mass is 527 g/mol. The topological polar surface area (TPSA) is 122 Å². The first-order valence-electron chi connectivity index (χ1n) is 11.2. The van der Waals surface area contributed by atoms with Gasteiger partial charge in [-0.05, 0) is 31.4 Å². The van der Waals surface area contributed by atoms with E-state index in [9.17, 15) is 41.1 Å². The molecule has 3 N–H and O–H groups in total. The lowest BCUT2D eigenvalue weighted by molar-refractivity contribution is -0.164. The molecule has 1 fully saturated rings. The quantitative estimate of drug-likeness (QED) is 0.290. The Kier molecular flexibility index (Phi) is 6.54. The normalized spacial score (nSPS) is 17.1. The van der Waals surface area contributed by atoms with E-state index in [1.165, 1.54) is 18.5 Å². The molecule has 14 heteroatoms. The summed E-state index contributed by atoms with van der Waals surface area (Å²) in [4.78, 5) is 54.5. The average molecular weight is 527 g/mol. The highest BCUT2D eigenvalue weighted by Crippen LogP contribution is 2.46. The number of carbonyl (C=O) groups excluding carboxylic acids is 4. The standard InChI is InChI=1S/C23H22F5N5O4/c1-10-13(17(34)20(36)32-22(21(37)29-2)8-23(27,28)9-22)12-4-3-7-33(12)16(10)19(35)31-11-5-6-30-15(14(11)24)18(25)26/h5-6,18H,3-4,7-9H2,1-2H3,(H,29,37)(H,32,36)(H,30,31,35). The maximum Gasteiger partial charge on any atom is 0.293 e. The Labute approximate surface area is 206 Å². The lowest BCUT2D eigenvalue weighted by Crippen LogP contribution is -2.69. The minimum absolute atomic E-state index is 0.0591. The average Bonchev–Trinajstić information content (AvgIpc) is 3.37. The van der Waals surface area contributed by atoms with Crippen LogP contribution < -0.4 is 16.0 Å². The number of amides is 3. The first kappa shape index (κ1) is 26.2. The number of rotatable bonds is 7. The molecule has 198 valence electrons. The van der Waals surface area contributed by atoms with Gasteiger partial charge in [-0.1, -0.05) is 0 Å². The van der Waals surface area contributed by atoms with Gasteiger partial charge in [-0.15, -0.1) is 0 Å². The largest absolute Gasteiger partial charge is 0.357 e. The number of hydrogen-bond acceptors (Lipinski definition) is 5. The van der Waals surface area contributed by atoms with Gasteiger partial charge in [0.2, 0.25) is 5.91 Å². The van der Waals surface area contributed by atoms with Crippen molar-refractivity contribution in [2.45, 2.75) is 57.0 Å². The first-order valence-corrected chi connectivity index (χ1v) is 11.2. The highest BCUT2D eigenvalue weighted by molar-refractivity contribution is 6.44. The van der Waals surface area contributed by atoms with Crippen LogP contribution in [0, 0.1) is 12.7 Å². The van der Waals surface area contributed by atoms with Gasteiger partial charge in [0.25, 0.3) is 29.9 Å². The lowest BCUT2D eigenvalue weighted by Gasteiger charge is -2.45. The number of hydrogen-bond donors (Lipinski definition) is 3. The fourth-order valence-corrected chi connectivity index (χ4v) is 4.97. The number of pyridine rings is 1. The molecule has 1 aliphatic heterocycles. The third-order valence-corrected chi connectivity index (χ3v) is 6.56.